The van der Waals surface area contributed by atoms with Crippen molar-refractivity contribution in [2.45, 2.75) is 13.0 Å². The number of methoxy groups -OCH3 is 1. The summed E-state index contributed by atoms with van der Waals surface area (Å²) in [7, 11) is 1.48. The molecular weight excluding hydrogens is 340 g/mol. The van der Waals surface area contributed by atoms with E-state index in [4.69, 9.17) is 4.74 Å². The van der Waals surface area contributed by atoms with Crippen molar-refractivity contribution < 1.29 is 13.5 Å². The highest BCUT2D eigenvalue weighted by Gasteiger charge is 2.22. The molecule has 0 aliphatic heterocycles. The zero-order chi connectivity index (χ0) is 15.4. The second-order valence-corrected chi connectivity index (χ2v) is 5.37. The standard InChI is InChI=1S/C16H16BrF2NO/c1-3-20-16(15-12(17)5-4-6-13(15)18)11-8-7-10(21-2)9-14(11)19/h4-9,16,20H,3H2,1-2H3. The van der Waals surface area contributed by atoms with E-state index in [0.29, 0.717) is 27.9 Å². The lowest BCUT2D eigenvalue weighted by atomic mass is 9.97. The summed E-state index contributed by atoms with van der Waals surface area (Å²) in [5.74, 6) is -0.389. The Morgan fingerprint density at radius 1 is 1.19 bits per heavy atom. The average Bonchev–Trinajstić information content (AvgIpc) is 2.46. The molecule has 112 valence electrons. The topological polar surface area (TPSA) is 21.3 Å². The van der Waals surface area contributed by atoms with Gasteiger partial charge in [0.2, 0.25) is 0 Å². The van der Waals surface area contributed by atoms with Crippen LogP contribution in [0.4, 0.5) is 8.78 Å². The maximum absolute atomic E-state index is 14.3. The minimum Gasteiger partial charge on any atom is -0.497 e. The first-order valence-corrected chi connectivity index (χ1v) is 7.38. The maximum atomic E-state index is 14.3. The van der Waals surface area contributed by atoms with E-state index >= 15 is 0 Å². The molecule has 5 heteroatoms. The van der Waals surface area contributed by atoms with Gasteiger partial charge in [0.25, 0.3) is 0 Å². The molecule has 0 saturated heterocycles. The van der Waals surface area contributed by atoms with Gasteiger partial charge in [-0.05, 0) is 24.7 Å². The Balaban J connectivity index is 2.53. The molecule has 0 aliphatic carbocycles. The van der Waals surface area contributed by atoms with E-state index in [2.05, 4.69) is 21.2 Å². The molecule has 0 amide bonds. The van der Waals surface area contributed by atoms with Crippen molar-refractivity contribution >= 4 is 15.9 Å². The predicted molar refractivity (Wildman–Crippen MR) is 82.6 cm³/mol. The second-order valence-electron chi connectivity index (χ2n) is 4.51. The summed E-state index contributed by atoms with van der Waals surface area (Å²) in [6.45, 7) is 2.47. The number of nitrogens with one attached hydrogen (secondary N) is 1. The molecule has 2 nitrogen and oxygen atoms in total. The molecule has 0 heterocycles. The first-order chi connectivity index (χ1) is 10.1. The van der Waals surface area contributed by atoms with Gasteiger partial charge >= 0.3 is 0 Å². The van der Waals surface area contributed by atoms with Crippen LogP contribution < -0.4 is 10.1 Å². The lowest BCUT2D eigenvalue weighted by Gasteiger charge is -2.21. The van der Waals surface area contributed by atoms with Crippen LogP contribution in [-0.4, -0.2) is 13.7 Å². The molecule has 0 aromatic heterocycles. The van der Waals surface area contributed by atoms with Crippen molar-refractivity contribution in [1.82, 2.24) is 5.32 Å². The van der Waals surface area contributed by atoms with Crippen molar-refractivity contribution in [3.05, 3.63) is 63.6 Å². The average molecular weight is 356 g/mol. The fourth-order valence-corrected chi connectivity index (χ4v) is 2.80. The molecule has 2 rings (SSSR count). The van der Waals surface area contributed by atoms with Gasteiger partial charge in [-0.3, -0.25) is 0 Å². The molecule has 1 unspecified atom stereocenters. The predicted octanol–water partition coefficient (Wildman–Crippen LogP) is 4.43. The van der Waals surface area contributed by atoms with Crippen molar-refractivity contribution in [3.63, 3.8) is 0 Å². The first-order valence-electron chi connectivity index (χ1n) is 6.59. The quantitative estimate of drug-likeness (QED) is 0.856. The van der Waals surface area contributed by atoms with Gasteiger partial charge in [0.1, 0.15) is 17.4 Å². The highest BCUT2D eigenvalue weighted by atomic mass is 79.9. The van der Waals surface area contributed by atoms with E-state index in [1.165, 1.54) is 19.2 Å². The van der Waals surface area contributed by atoms with Crippen LogP contribution in [0.3, 0.4) is 0 Å². The van der Waals surface area contributed by atoms with Gasteiger partial charge in [-0.15, -0.1) is 0 Å². The Morgan fingerprint density at radius 3 is 2.52 bits per heavy atom. The fraction of sp³-hybridized carbons (Fsp3) is 0.250. The van der Waals surface area contributed by atoms with Crippen LogP contribution >= 0.6 is 15.9 Å². The SMILES string of the molecule is CCNC(c1ccc(OC)cc1F)c1c(F)cccc1Br. The molecule has 0 fully saturated rings. The molecule has 1 atom stereocenters. The lowest BCUT2D eigenvalue weighted by Crippen LogP contribution is -2.24. The number of hydrogen-bond donors (Lipinski definition) is 1. The van der Waals surface area contributed by atoms with E-state index in [-0.39, 0.29) is 5.82 Å². The number of ether oxygens (including phenoxy) is 1. The third-order valence-electron chi connectivity index (χ3n) is 3.22. The Morgan fingerprint density at radius 2 is 1.95 bits per heavy atom. The molecule has 2 aromatic carbocycles. The van der Waals surface area contributed by atoms with Crippen molar-refractivity contribution in [2.75, 3.05) is 13.7 Å². The third-order valence-corrected chi connectivity index (χ3v) is 3.91. The minimum atomic E-state index is -0.573. The summed E-state index contributed by atoms with van der Waals surface area (Å²) in [5, 5.41) is 3.12. The first kappa shape index (κ1) is 15.9. The van der Waals surface area contributed by atoms with E-state index in [1.807, 2.05) is 6.92 Å². The fourth-order valence-electron chi connectivity index (χ4n) is 2.23. The van der Waals surface area contributed by atoms with Gasteiger partial charge in [-0.25, -0.2) is 8.78 Å². The number of hydrogen-bond acceptors (Lipinski definition) is 2. The summed E-state index contributed by atoms with van der Waals surface area (Å²) in [5.41, 5.74) is 0.770. The maximum Gasteiger partial charge on any atom is 0.132 e. The van der Waals surface area contributed by atoms with Crippen LogP contribution in [0.15, 0.2) is 40.9 Å². The molecule has 2 aromatic rings. The zero-order valence-electron chi connectivity index (χ0n) is 11.8. The van der Waals surface area contributed by atoms with Crippen LogP contribution in [-0.2, 0) is 0 Å². The number of halogens is 3. The summed E-state index contributed by atoms with van der Waals surface area (Å²) in [6, 6.07) is 8.72. The van der Waals surface area contributed by atoms with E-state index in [0.717, 1.165) is 0 Å². The smallest absolute Gasteiger partial charge is 0.132 e. The van der Waals surface area contributed by atoms with Gasteiger partial charge in [0, 0.05) is 21.7 Å². The summed E-state index contributed by atoms with van der Waals surface area (Å²) < 4.78 is 34.1. The van der Waals surface area contributed by atoms with E-state index in [1.54, 1.807) is 24.3 Å². The Kier molecular flexibility index (Phi) is 5.31. The molecular formula is C16H16BrF2NO. The molecule has 0 bridgehead atoms. The van der Waals surface area contributed by atoms with Crippen LogP contribution in [0.25, 0.3) is 0 Å². The molecule has 0 aliphatic rings. The monoisotopic (exact) mass is 355 g/mol. The highest BCUT2D eigenvalue weighted by Crippen LogP contribution is 2.33. The largest absolute Gasteiger partial charge is 0.497 e. The van der Waals surface area contributed by atoms with Gasteiger partial charge in [0.15, 0.2) is 0 Å². The van der Waals surface area contributed by atoms with Crippen molar-refractivity contribution in [2.24, 2.45) is 0 Å². The molecule has 0 radical (unpaired) electrons. The minimum absolute atomic E-state index is 0.378. The van der Waals surface area contributed by atoms with Crippen molar-refractivity contribution in [3.8, 4) is 5.75 Å². The summed E-state index contributed by atoms with van der Waals surface area (Å²) in [6.07, 6.45) is 0. The van der Waals surface area contributed by atoms with Gasteiger partial charge in [-0.1, -0.05) is 35.0 Å². The lowest BCUT2D eigenvalue weighted by molar-refractivity contribution is 0.410. The van der Waals surface area contributed by atoms with Crippen LogP contribution in [0.1, 0.15) is 24.1 Å². The third kappa shape index (κ3) is 3.41. The van der Waals surface area contributed by atoms with Crippen LogP contribution in [0, 0.1) is 11.6 Å². The molecule has 1 N–H and O–H groups in total. The molecule has 0 saturated carbocycles. The van der Waals surface area contributed by atoms with Crippen molar-refractivity contribution in [1.29, 1.82) is 0 Å². The highest BCUT2D eigenvalue weighted by molar-refractivity contribution is 9.10. The number of benzene rings is 2. The number of rotatable bonds is 5. The normalized spacial score (nSPS) is 12.2. The Labute approximate surface area is 131 Å². The second kappa shape index (κ2) is 7.00. The van der Waals surface area contributed by atoms with Gasteiger partial charge < -0.3 is 10.1 Å². The Hall–Kier alpha value is -1.46. The van der Waals surface area contributed by atoms with Crippen LogP contribution in [0.5, 0.6) is 5.75 Å². The summed E-state index contributed by atoms with van der Waals surface area (Å²) >= 11 is 3.34. The zero-order valence-corrected chi connectivity index (χ0v) is 13.4. The van der Waals surface area contributed by atoms with Gasteiger partial charge in [0.05, 0.1) is 13.2 Å². The summed E-state index contributed by atoms with van der Waals surface area (Å²) in [4.78, 5) is 0. The van der Waals surface area contributed by atoms with Gasteiger partial charge in [-0.2, -0.15) is 0 Å². The van der Waals surface area contributed by atoms with Crippen LogP contribution in [0.2, 0.25) is 0 Å². The van der Waals surface area contributed by atoms with E-state index < -0.39 is 11.9 Å². The molecule has 0 spiro atoms. The molecule has 21 heavy (non-hydrogen) atoms. The Bertz CT molecular complexity index is 613. The van der Waals surface area contributed by atoms with E-state index in [9.17, 15) is 8.78 Å².